The molecule has 0 saturated heterocycles. The fourth-order valence-corrected chi connectivity index (χ4v) is 2.56. The van der Waals surface area contributed by atoms with E-state index in [4.69, 9.17) is 32.4 Å². The third-order valence-corrected chi connectivity index (χ3v) is 3.88. The monoisotopic (exact) mass is 306 g/mol. The number of ether oxygens (including phenoxy) is 1. The number of fused-ring (bicyclic) bond motifs is 1. The number of furan rings is 1. The predicted molar refractivity (Wildman–Crippen MR) is 81.9 cm³/mol. The van der Waals surface area contributed by atoms with Gasteiger partial charge in [0.25, 0.3) is 0 Å². The predicted octanol–water partition coefficient (Wildman–Crippen LogP) is 5.42. The summed E-state index contributed by atoms with van der Waals surface area (Å²) in [7, 11) is 1.66. The summed E-state index contributed by atoms with van der Waals surface area (Å²) >= 11 is 12.2. The number of hydrogen-bond donors (Lipinski definition) is 0. The molecule has 2 nitrogen and oxygen atoms in total. The molecule has 1 unspecified atom stereocenters. The molecule has 0 bridgehead atoms. The van der Waals surface area contributed by atoms with Gasteiger partial charge in [0, 0.05) is 0 Å². The molecule has 0 radical (unpaired) electrons. The van der Waals surface area contributed by atoms with Crippen LogP contribution in [0.15, 0.2) is 52.9 Å². The number of alkyl halides is 1. The Morgan fingerprint density at radius 2 is 1.75 bits per heavy atom. The van der Waals surface area contributed by atoms with Gasteiger partial charge in [0.05, 0.1) is 7.11 Å². The second-order valence-electron chi connectivity index (χ2n) is 4.48. The van der Waals surface area contributed by atoms with Crippen LogP contribution in [-0.2, 0) is 0 Å². The molecule has 1 atom stereocenters. The Labute approximate surface area is 126 Å². The molecular formula is C16H12Cl2O2. The minimum atomic E-state index is -0.353. The van der Waals surface area contributed by atoms with E-state index in [9.17, 15) is 0 Å². The van der Waals surface area contributed by atoms with Crippen LogP contribution in [0.1, 0.15) is 16.7 Å². The zero-order valence-electron chi connectivity index (χ0n) is 10.8. The first-order valence-corrected chi connectivity index (χ1v) is 6.96. The van der Waals surface area contributed by atoms with Crippen molar-refractivity contribution in [1.82, 2.24) is 0 Å². The first kappa shape index (κ1) is 13.3. The van der Waals surface area contributed by atoms with Crippen molar-refractivity contribution in [2.45, 2.75) is 5.38 Å². The van der Waals surface area contributed by atoms with E-state index in [1.165, 1.54) is 0 Å². The van der Waals surface area contributed by atoms with Gasteiger partial charge < -0.3 is 9.15 Å². The van der Waals surface area contributed by atoms with Gasteiger partial charge in [-0.25, -0.2) is 0 Å². The molecule has 0 saturated carbocycles. The molecule has 0 fully saturated rings. The number of benzene rings is 2. The van der Waals surface area contributed by atoms with Gasteiger partial charge in [0.1, 0.15) is 16.9 Å². The van der Waals surface area contributed by atoms with Crippen molar-refractivity contribution in [3.63, 3.8) is 0 Å². The van der Waals surface area contributed by atoms with E-state index in [1.54, 1.807) is 19.2 Å². The average molecular weight is 307 g/mol. The average Bonchev–Trinajstić information content (AvgIpc) is 2.92. The number of hydrogen-bond acceptors (Lipinski definition) is 2. The molecule has 0 spiro atoms. The van der Waals surface area contributed by atoms with Crippen LogP contribution in [-0.4, -0.2) is 7.11 Å². The Balaban J connectivity index is 2.00. The third-order valence-electron chi connectivity index (χ3n) is 3.21. The summed E-state index contributed by atoms with van der Waals surface area (Å²) in [6.07, 6.45) is 0. The van der Waals surface area contributed by atoms with Crippen LogP contribution in [0, 0.1) is 0 Å². The minimum absolute atomic E-state index is 0.344. The van der Waals surface area contributed by atoms with Gasteiger partial charge in [-0.1, -0.05) is 18.2 Å². The highest BCUT2D eigenvalue weighted by Crippen LogP contribution is 2.33. The summed E-state index contributed by atoms with van der Waals surface area (Å²) in [6.45, 7) is 0. The lowest BCUT2D eigenvalue weighted by Gasteiger charge is -2.09. The number of methoxy groups -OCH3 is 1. The second kappa shape index (κ2) is 5.39. The van der Waals surface area contributed by atoms with E-state index in [-0.39, 0.29) is 5.38 Å². The molecule has 1 aromatic heterocycles. The van der Waals surface area contributed by atoms with Crippen LogP contribution in [0.2, 0.25) is 5.22 Å². The van der Waals surface area contributed by atoms with Crippen molar-refractivity contribution in [3.05, 3.63) is 65.1 Å². The molecule has 0 aliphatic rings. The van der Waals surface area contributed by atoms with Crippen LogP contribution >= 0.6 is 23.2 Å². The highest BCUT2D eigenvalue weighted by molar-refractivity contribution is 6.29. The first-order chi connectivity index (χ1) is 9.67. The third kappa shape index (κ3) is 2.49. The summed E-state index contributed by atoms with van der Waals surface area (Å²) in [5.74, 6) is 1.48. The Kier molecular flexibility index (Phi) is 3.60. The van der Waals surface area contributed by atoms with Crippen LogP contribution in [0.4, 0.5) is 0 Å². The van der Waals surface area contributed by atoms with Gasteiger partial charge in [-0.3, -0.25) is 0 Å². The van der Waals surface area contributed by atoms with Crippen molar-refractivity contribution < 1.29 is 9.15 Å². The largest absolute Gasteiger partial charge is 0.497 e. The van der Waals surface area contributed by atoms with E-state index in [1.807, 2.05) is 36.4 Å². The molecule has 0 aliphatic carbocycles. The second-order valence-corrected chi connectivity index (χ2v) is 5.29. The smallest absolute Gasteiger partial charge is 0.193 e. The molecule has 3 rings (SSSR count). The van der Waals surface area contributed by atoms with Crippen molar-refractivity contribution in [2.75, 3.05) is 7.11 Å². The van der Waals surface area contributed by atoms with Crippen molar-refractivity contribution in [2.24, 2.45) is 0 Å². The molecule has 3 aromatic rings. The Bertz CT molecular complexity index is 749. The summed E-state index contributed by atoms with van der Waals surface area (Å²) in [4.78, 5) is 0. The van der Waals surface area contributed by atoms with Gasteiger partial charge in [-0.05, 0) is 58.3 Å². The van der Waals surface area contributed by atoms with Gasteiger partial charge in [0.2, 0.25) is 0 Å². The van der Waals surface area contributed by atoms with Crippen molar-refractivity contribution >= 4 is 34.0 Å². The lowest BCUT2D eigenvalue weighted by Crippen LogP contribution is -1.91. The zero-order chi connectivity index (χ0) is 14.1. The molecule has 0 aliphatic heterocycles. The molecular weight excluding hydrogens is 295 g/mol. The SMILES string of the molecule is COc1ccc2cc(C(Cl)c3ccc(Cl)o3)ccc2c1. The number of halogens is 2. The molecule has 0 N–H and O–H groups in total. The Morgan fingerprint density at radius 1 is 1.00 bits per heavy atom. The number of rotatable bonds is 3. The highest BCUT2D eigenvalue weighted by Gasteiger charge is 2.15. The van der Waals surface area contributed by atoms with Crippen LogP contribution in [0.3, 0.4) is 0 Å². The molecule has 4 heteroatoms. The summed E-state index contributed by atoms with van der Waals surface area (Å²) in [6, 6.07) is 15.5. The van der Waals surface area contributed by atoms with Gasteiger partial charge in [0.15, 0.2) is 5.22 Å². The molecule has 1 heterocycles. The summed E-state index contributed by atoms with van der Waals surface area (Å²) in [5.41, 5.74) is 0.968. The maximum Gasteiger partial charge on any atom is 0.193 e. The minimum Gasteiger partial charge on any atom is -0.497 e. The first-order valence-electron chi connectivity index (χ1n) is 6.14. The van der Waals surface area contributed by atoms with E-state index in [0.717, 1.165) is 22.1 Å². The maximum atomic E-state index is 6.43. The molecule has 20 heavy (non-hydrogen) atoms. The van der Waals surface area contributed by atoms with E-state index in [0.29, 0.717) is 11.0 Å². The fourth-order valence-electron chi connectivity index (χ4n) is 2.16. The quantitative estimate of drug-likeness (QED) is 0.603. The Hall–Kier alpha value is -1.64. The molecule has 0 amide bonds. The normalized spacial score (nSPS) is 12.6. The van der Waals surface area contributed by atoms with Crippen molar-refractivity contribution in [3.8, 4) is 5.75 Å². The topological polar surface area (TPSA) is 22.4 Å². The molecule has 2 aromatic carbocycles. The fraction of sp³-hybridized carbons (Fsp3) is 0.125. The van der Waals surface area contributed by atoms with Crippen LogP contribution < -0.4 is 4.74 Å². The van der Waals surface area contributed by atoms with Crippen LogP contribution in [0.5, 0.6) is 5.75 Å². The van der Waals surface area contributed by atoms with E-state index < -0.39 is 0 Å². The Morgan fingerprint density at radius 3 is 2.45 bits per heavy atom. The van der Waals surface area contributed by atoms with Crippen molar-refractivity contribution in [1.29, 1.82) is 0 Å². The van der Waals surface area contributed by atoms with E-state index >= 15 is 0 Å². The highest BCUT2D eigenvalue weighted by atomic mass is 35.5. The summed E-state index contributed by atoms with van der Waals surface area (Å²) < 4.78 is 10.6. The van der Waals surface area contributed by atoms with Crippen LogP contribution in [0.25, 0.3) is 10.8 Å². The standard InChI is InChI=1S/C16H12Cl2O2/c1-19-13-5-4-10-8-12(3-2-11(10)9-13)16(18)14-6-7-15(17)20-14/h2-9,16H,1H3. The maximum absolute atomic E-state index is 6.43. The van der Waals surface area contributed by atoms with Gasteiger partial charge >= 0.3 is 0 Å². The van der Waals surface area contributed by atoms with Gasteiger partial charge in [-0.15, -0.1) is 11.6 Å². The zero-order valence-corrected chi connectivity index (χ0v) is 12.3. The lowest BCUT2D eigenvalue weighted by molar-refractivity contribution is 0.415. The van der Waals surface area contributed by atoms with Gasteiger partial charge in [-0.2, -0.15) is 0 Å². The summed E-state index contributed by atoms with van der Waals surface area (Å²) in [5, 5.41) is 2.20. The van der Waals surface area contributed by atoms with E-state index in [2.05, 4.69) is 0 Å². The lowest BCUT2D eigenvalue weighted by atomic mass is 10.0. The molecule has 102 valence electrons.